The maximum atomic E-state index is 14.5. The number of aryl methyl sites for hydroxylation is 2. The van der Waals surface area contributed by atoms with E-state index >= 15 is 0 Å². The molecule has 0 amide bonds. The van der Waals surface area contributed by atoms with Crippen molar-refractivity contribution in [3.63, 3.8) is 0 Å². The van der Waals surface area contributed by atoms with Gasteiger partial charge < -0.3 is 9.30 Å². The number of rotatable bonds is 4. The van der Waals surface area contributed by atoms with Crippen LogP contribution in [0.25, 0.3) is 17.2 Å². The third-order valence-electron chi connectivity index (χ3n) is 6.33. The number of ether oxygens (including phenoxy) is 1. The molecule has 176 valence electrons. The molecule has 0 bridgehead atoms. The van der Waals surface area contributed by atoms with Gasteiger partial charge in [0, 0.05) is 18.7 Å². The van der Waals surface area contributed by atoms with Crippen LogP contribution in [0, 0.1) is 12.7 Å². The molecule has 1 aliphatic heterocycles. The molecule has 1 aliphatic rings. The van der Waals surface area contributed by atoms with Gasteiger partial charge in [0.2, 0.25) is 5.88 Å². The van der Waals surface area contributed by atoms with Crippen LogP contribution in [-0.2, 0) is 12.0 Å². The predicted molar refractivity (Wildman–Crippen MR) is 128 cm³/mol. The molecule has 5 rings (SSSR count). The number of methoxy groups -OCH3 is 1. The molecule has 7 nitrogen and oxygen atoms in total. The van der Waals surface area contributed by atoms with E-state index < -0.39 is 0 Å². The molecule has 3 aromatic heterocycles. The number of nitrogens with zero attached hydrogens (tertiary/aromatic N) is 6. The first-order valence-corrected chi connectivity index (χ1v) is 11.6. The van der Waals surface area contributed by atoms with E-state index in [0.29, 0.717) is 17.4 Å². The lowest BCUT2D eigenvalue weighted by atomic mass is 9.82. The minimum absolute atomic E-state index is 0.0618. The van der Waals surface area contributed by atoms with Crippen LogP contribution in [-0.4, -0.2) is 36.4 Å². The number of imidazole rings is 1. The molecular formula is C26H29FN6O. The summed E-state index contributed by atoms with van der Waals surface area (Å²) < 4.78 is 23.9. The zero-order chi connectivity index (χ0) is 24.0. The first-order valence-electron chi connectivity index (χ1n) is 11.6. The first kappa shape index (κ1) is 22.3. The molecule has 0 saturated heterocycles. The summed E-state index contributed by atoms with van der Waals surface area (Å²) in [5.74, 6) is 1.83. The Hall–Kier alpha value is -3.55. The standard InChI is InChI=1S/C26H29FN6O/c1-16-14-32(15-28-16)22-11-10-21(29-25(22)34-5)23-30-24-18(7-6-12-33(24)31-23)17-8-9-20(27)19(13-17)26(2,3)4/h8-11,13-15,18H,6-7,12H2,1-5H3/t18-/m1/s1. The van der Waals surface area contributed by atoms with Gasteiger partial charge in [-0.2, -0.15) is 0 Å². The van der Waals surface area contributed by atoms with Crippen molar-refractivity contribution in [3.8, 4) is 23.1 Å². The van der Waals surface area contributed by atoms with Gasteiger partial charge in [-0.3, -0.25) is 0 Å². The first-order chi connectivity index (χ1) is 16.2. The van der Waals surface area contributed by atoms with Gasteiger partial charge in [-0.1, -0.05) is 32.9 Å². The second-order valence-corrected chi connectivity index (χ2v) is 9.85. The summed E-state index contributed by atoms with van der Waals surface area (Å²) in [7, 11) is 1.60. The highest BCUT2D eigenvalue weighted by atomic mass is 19.1. The fraction of sp³-hybridized carbons (Fsp3) is 0.385. The van der Waals surface area contributed by atoms with Crippen molar-refractivity contribution in [1.82, 2.24) is 29.3 Å². The highest BCUT2D eigenvalue weighted by molar-refractivity contribution is 5.55. The summed E-state index contributed by atoms with van der Waals surface area (Å²) in [4.78, 5) is 13.9. The SMILES string of the molecule is COc1nc(-c2nc3n(n2)CCC[C@@H]3c2ccc(F)c(C(C)(C)C)c2)ccc1-n1cnc(C)c1. The second kappa shape index (κ2) is 8.34. The smallest absolute Gasteiger partial charge is 0.238 e. The molecule has 0 aliphatic carbocycles. The molecule has 4 heterocycles. The van der Waals surface area contributed by atoms with E-state index in [2.05, 4.69) is 9.97 Å². The van der Waals surface area contributed by atoms with Crippen molar-refractivity contribution in [2.24, 2.45) is 0 Å². The Balaban J connectivity index is 1.52. The molecule has 0 N–H and O–H groups in total. The summed E-state index contributed by atoms with van der Waals surface area (Å²) in [5.41, 5.74) is 3.88. The van der Waals surface area contributed by atoms with Crippen LogP contribution >= 0.6 is 0 Å². The van der Waals surface area contributed by atoms with Crippen LogP contribution in [0.1, 0.15) is 62.2 Å². The Kier molecular flexibility index (Phi) is 5.46. The van der Waals surface area contributed by atoms with E-state index in [9.17, 15) is 4.39 Å². The minimum atomic E-state index is -0.274. The van der Waals surface area contributed by atoms with Crippen LogP contribution in [0.3, 0.4) is 0 Å². The molecular weight excluding hydrogens is 431 g/mol. The van der Waals surface area contributed by atoms with Crippen LogP contribution in [0.15, 0.2) is 42.9 Å². The Morgan fingerprint density at radius 3 is 2.65 bits per heavy atom. The predicted octanol–water partition coefficient (Wildman–Crippen LogP) is 5.21. The van der Waals surface area contributed by atoms with Gasteiger partial charge in [0.1, 0.15) is 23.0 Å². The number of fused-ring (bicyclic) bond motifs is 1. The lowest BCUT2D eigenvalue weighted by Crippen LogP contribution is -2.19. The van der Waals surface area contributed by atoms with Gasteiger partial charge in [-0.25, -0.2) is 24.0 Å². The average molecular weight is 461 g/mol. The highest BCUT2D eigenvalue weighted by Gasteiger charge is 2.29. The van der Waals surface area contributed by atoms with Crippen molar-refractivity contribution < 1.29 is 9.13 Å². The quantitative estimate of drug-likeness (QED) is 0.418. The largest absolute Gasteiger partial charge is 0.479 e. The molecule has 34 heavy (non-hydrogen) atoms. The average Bonchev–Trinajstić information content (AvgIpc) is 3.44. The Labute approximate surface area is 198 Å². The van der Waals surface area contributed by atoms with E-state index in [4.69, 9.17) is 14.8 Å². The molecule has 0 fully saturated rings. The summed E-state index contributed by atoms with van der Waals surface area (Å²) in [6.45, 7) is 8.83. The fourth-order valence-electron chi connectivity index (χ4n) is 4.57. The number of halogens is 1. The van der Waals surface area contributed by atoms with Crippen molar-refractivity contribution in [3.05, 3.63) is 71.3 Å². The van der Waals surface area contributed by atoms with Gasteiger partial charge in [0.15, 0.2) is 5.82 Å². The van der Waals surface area contributed by atoms with E-state index in [0.717, 1.165) is 47.7 Å². The molecule has 0 spiro atoms. The number of pyridine rings is 1. The van der Waals surface area contributed by atoms with E-state index in [-0.39, 0.29) is 17.2 Å². The molecule has 1 aromatic carbocycles. The molecule has 1 atom stereocenters. The summed E-state index contributed by atoms with van der Waals surface area (Å²) in [5, 5.41) is 4.76. The summed E-state index contributed by atoms with van der Waals surface area (Å²) >= 11 is 0. The molecule has 4 aromatic rings. The van der Waals surface area contributed by atoms with Crippen LogP contribution in [0.4, 0.5) is 4.39 Å². The van der Waals surface area contributed by atoms with Gasteiger partial charge in [-0.15, -0.1) is 5.10 Å². The Bertz CT molecular complexity index is 1350. The third kappa shape index (κ3) is 3.97. The Morgan fingerprint density at radius 2 is 1.94 bits per heavy atom. The third-order valence-corrected chi connectivity index (χ3v) is 6.33. The minimum Gasteiger partial charge on any atom is -0.479 e. The van der Waals surface area contributed by atoms with Gasteiger partial charge in [0.25, 0.3) is 0 Å². The molecule has 0 saturated carbocycles. The summed E-state index contributed by atoms with van der Waals surface area (Å²) in [6.07, 6.45) is 5.59. The van der Waals surface area contributed by atoms with Crippen LogP contribution in [0.2, 0.25) is 0 Å². The summed E-state index contributed by atoms with van der Waals surface area (Å²) in [6, 6.07) is 9.29. The van der Waals surface area contributed by atoms with Gasteiger partial charge in [0.05, 0.1) is 19.1 Å². The molecule has 0 radical (unpaired) electrons. The normalized spacial score (nSPS) is 15.9. The number of aromatic nitrogens is 6. The lowest BCUT2D eigenvalue weighted by Gasteiger charge is -2.25. The van der Waals surface area contributed by atoms with Crippen LogP contribution < -0.4 is 4.74 Å². The van der Waals surface area contributed by atoms with Crippen molar-refractivity contribution >= 4 is 0 Å². The number of hydrogen-bond donors (Lipinski definition) is 0. The Morgan fingerprint density at radius 1 is 1.12 bits per heavy atom. The maximum absolute atomic E-state index is 14.5. The zero-order valence-electron chi connectivity index (χ0n) is 20.2. The topological polar surface area (TPSA) is 70.7 Å². The zero-order valence-corrected chi connectivity index (χ0v) is 20.2. The molecule has 0 unspecified atom stereocenters. The lowest BCUT2D eigenvalue weighted by molar-refractivity contribution is 0.396. The monoisotopic (exact) mass is 460 g/mol. The van der Waals surface area contributed by atoms with Crippen LogP contribution in [0.5, 0.6) is 5.88 Å². The van der Waals surface area contributed by atoms with Crippen molar-refractivity contribution in [2.75, 3.05) is 7.11 Å². The molecule has 8 heteroatoms. The maximum Gasteiger partial charge on any atom is 0.238 e. The van der Waals surface area contributed by atoms with E-state index in [1.165, 1.54) is 0 Å². The van der Waals surface area contributed by atoms with Crippen molar-refractivity contribution in [1.29, 1.82) is 0 Å². The highest BCUT2D eigenvalue weighted by Crippen LogP contribution is 2.36. The van der Waals surface area contributed by atoms with E-state index in [1.807, 2.05) is 67.4 Å². The fourth-order valence-corrected chi connectivity index (χ4v) is 4.57. The van der Waals surface area contributed by atoms with Gasteiger partial charge in [-0.05, 0) is 54.5 Å². The number of hydrogen-bond acceptors (Lipinski definition) is 5. The van der Waals surface area contributed by atoms with Gasteiger partial charge >= 0.3 is 0 Å². The number of benzene rings is 1. The van der Waals surface area contributed by atoms with E-state index in [1.54, 1.807) is 19.5 Å². The van der Waals surface area contributed by atoms with Crippen molar-refractivity contribution in [2.45, 2.75) is 58.4 Å². The second-order valence-electron chi connectivity index (χ2n) is 9.85.